The number of halogens is 3. The van der Waals surface area contributed by atoms with E-state index in [9.17, 15) is 9.50 Å². The summed E-state index contributed by atoms with van der Waals surface area (Å²) in [6.07, 6.45) is 3.07. The number of likely N-dealkylation sites (tertiary alicyclic amines) is 1. The van der Waals surface area contributed by atoms with Gasteiger partial charge in [-0.15, -0.1) is 0 Å². The van der Waals surface area contributed by atoms with E-state index in [1.165, 1.54) is 0 Å². The van der Waals surface area contributed by atoms with Gasteiger partial charge >= 0.3 is 0 Å². The van der Waals surface area contributed by atoms with Gasteiger partial charge in [0.05, 0.1) is 10.6 Å². The average molecular weight is 365 g/mol. The maximum Gasteiger partial charge on any atom is 0.149 e. The molecule has 2 rings (SSSR count). The van der Waals surface area contributed by atoms with Crippen molar-refractivity contribution in [2.45, 2.75) is 38.2 Å². The summed E-state index contributed by atoms with van der Waals surface area (Å²) in [5.41, 5.74) is -0.791. The first-order valence-electron chi connectivity index (χ1n) is 7.06. The fourth-order valence-electron chi connectivity index (χ4n) is 2.87. The first-order valence-corrected chi connectivity index (χ1v) is 8.24. The zero-order valence-corrected chi connectivity index (χ0v) is 14.0. The molecule has 0 bridgehead atoms. The van der Waals surface area contributed by atoms with Gasteiger partial charge in [-0.3, -0.25) is 0 Å². The zero-order chi connectivity index (χ0) is 14.8. The van der Waals surface area contributed by atoms with Crippen LogP contribution in [0.15, 0.2) is 16.6 Å². The Balaban J connectivity index is 2.25. The molecular weight excluding hydrogens is 345 g/mol. The lowest BCUT2D eigenvalue weighted by Crippen LogP contribution is -2.30. The van der Waals surface area contributed by atoms with Crippen LogP contribution in [0.5, 0.6) is 0 Å². The van der Waals surface area contributed by atoms with Crippen molar-refractivity contribution >= 4 is 27.5 Å². The van der Waals surface area contributed by atoms with Crippen molar-refractivity contribution in [3.8, 4) is 0 Å². The molecule has 112 valence electrons. The molecule has 5 heteroatoms. The van der Waals surface area contributed by atoms with Crippen molar-refractivity contribution in [2.24, 2.45) is 0 Å². The third-order valence-corrected chi connectivity index (χ3v) is 5.24. The molecule has 1 aliphatic rings. The van der Waals surface area contributed by atoms with Crippen LogP contribution in [-0.4, -0.2) is 29.6 Å². The van der Waals surface area contributed by atoms with Crippen LogP contribution in [0.25, 0.3) is 0 Å². The molecule has 1 saturated heterocycles. The lowest BCUT2D eigenvalue weighted by atomic mass is 9.86. The summed E-state index contributed by atoms with van der Waals surface area (Å²) < 4.78 is 14.9. The van der Waals surface area contributed by atoms with E-state index in [4.69, 9.17) is 11.6 Å². The number of hydrogen-bond acceptors (Lipinski definition) is 2. The molecule has 1 heterocycles. The molecule has 0 saturated carbocycles. The van der Waals surface area contributed by atoms with Crippen molar-refractivity contribution in [3.63, 3.8) is 0 Å². The summed E-state index contributed by atoms with van der Waals surface area (Å²) in [7, 11) is 0. The van der Waals surface area contributed by atoms with E-state index < -0.39 is 11.4 Å². The van der Waals surface area contributed by atoms with Crippen molar-refractivity contribution in [3.05, 3.63) is 33.0 Å². The monoisotopic (exact) mass is 363 g/mol. The van der Waals surface area contributed by atoms with Crippen molar-refractivity contribution in [1.29, 1.82) is 0 Å². The minimum atomic E-state index is -1.11. The van der Waals surface area contributed by atoms with Crippen LogP contribution in [0, 0.1) is 5.82 Å². The maximum absolute atomic E-state index is 14.3. The normalized spacial score (nSPS) is 24.6. The summed E-state index contributed by atoms with van der Waals surface area (Å²) in [4.78, 5) is 2.33. The van der Waals surface area contributed by atoms with E-state index in [1.54, 1.807) is 12.1 Å². The molecule has 0 aromatic heterocycles. The van der Waals surface area contributed by atoms with Gasteiger partial charge in [-0.2, -0.15) is 0 Å². The molecule has 1 atom stereocenters. The molecule has 20 heavy (non-hydrogen) atoms. The first-order chi connectivity index (χ1) is 9.48. The lowest BCUT2D eigenvalue weighted by Gasteiger charge is -2.28. The van der Waals surface area contributed by atoms with E-state index >= 15 is 0 Å². The Morgan fingerprint density at radius 2 is 2.15 bits per heavy atom. The summed E-state index contributed by atoms with van der Waals surface area (Å²) in [5.74, 6) is -0.507. The quantitative estimate of drug-likeness (QED) is 0.807. The third kappa shape index (κ3) is 3.35. The topological polar surface area (TPSA) is 23.5 Å². The highest BCUT2D eigenvalue weighted by molar-refractivity contribution is 9.10. The smallest absolute Gasteiger partial charge is 0.149 e. The van der Waals surface area contributed by atoms with Crippen LogP contribution in [0.3, 0.4) is 0 Å². The largest absolute Gasteiger partial charge is 0.385 e. The van der Waals surface area contributed by atoms with Gasteiger partial charge in [-0.05, 0) is 60.8 Å². The van der Waals surface area contributed by atoms with E-state index in [-0.39, 0.29) is 5.02 Å². The Morgan fingerprint density at radius 3 is 2.85 bits per heavy atom. The molecule has 2 nitrogen and oxygen atoms in total. The van der Waals surface area contributed by atoms with Crippen molar-refractivity contribution in [1.82, 2.24) is 4.90 Å². The zero-order valence-electron chi connectivity index (χ0n) is 11.6. The van der Waals surface area contributed by atoms with Crippen LogP contribution in [0.4, 0.5) is 4.39 Å². The molecule has 1 unspecified atom stereocenters. The van der Waals surface area contributed by atoms with E-state index in [0.29, 0.717) is 22.9 Å². The number of hydrogen-bond donors (Lipinski definition) is 1. The number of nitrogens with zero attached hydrogens (tertiary/aromatic N) is 1. The predicted octanol–water partition coefficient (Wildman–Crippen LogP) is 4.33. The standard InChI is InChI=1S/C15H20BrClFNO/c1-2-8-19-9-3-6-15(20,7-10-19)11-4-5-12(16)13(17)14(11)18/h4-5,20H,2-3,6-10H2,1H3. The Hall–Kier alpha value is -0.160. The lowest BCUT2D eigenvalue weighted by molar-refractivity contribution is 0.0178. The average Bonchev–Trinajstić information content (AvgIpc) is 2.60. The second kappa shape index (κ2) is 6.73. The molecular formula is C15H20BrClFNO. The molecule has 1 aliphatic heterocycles. The van der Waals surface area contributed by atoms with E-state index in [0.717, 1.165) is 32.5 Å². The van der Waals surface area contributed by atoms with Crippen molar-refractivity contribution < 1.29 is 9.50 Å². The second-order valence-corrected chi connectivity index (χ2v) is 6.68. The fourth-order valence-corrected chi connectivity index (χ4v) is 3.34. The molecule has 0 amide bonds. The van der Waals surface area contributed by atoms with Gasteiger partial charge in [0.25, 0.3) is 0 Å². The molecule has 1 aromatic carbocycles. The molecule has 0 radical (unpaired) electrons. The summed E-state index contributed by atoms with van der Waals surface area (Å²) in [6, 6.07) is 3.34. The molecule has 1 aromatic rings. The van der Waals surface area contributed by atoms with Gasteiger partial charge in [0.2, 0.25) is 0 Å². The fraction of sp³-hybridized carbons (Fsp3) is 0.600. The Labute approximate surface area is 133 Å². The molecule has 0 aliphatic carbocycles. The van der Waals surface area contributed by atoms with Crippen LogP contribution < -0.4 is 0 Å². The SMILES string of the molecule is CCCN1CCCC(O)(c2ccc(Br)c(Cl)c2F)CC1. The van der Waals surface area contributed by atoms with Crippen LogP contribution in [0.2, 0.25) is 5.02 Å². The van der Waals surface area contributed by atoms with E-state index in [1.807, 2.05) is 0 Å². The second-order valence-electron chi connectivity index (χ2n) is 5.45. The van der Waals surface area contributed by atoms with Gasteiger partial charge in [-0.1, -0.05) is 24.6 Å². The van der Waals surface area contributed by atoms with E-state index in [2.05, 4.69) is 27.8 Å². The van der Waals surface area contributed by atoms with Crippen LogP contribution in [0.1, 0.15) is 38.2 Å². The minimum absolute atomic E-state index is 0.0468. The third-order valence-electron chi connectivity index (χ3n) is 3.98. The molecule has 1 fully saturated rings. The highest BCUT2D eigenvalue weighted by Crippen LogP contribution is 2.38. The van der Waals surface area contributed by atoms with Gasteiger partial charge < -0.3 is 10.0 Å². The van der Waals surface area contributed by atoms with Gasteiger partial charge in [0, 0.05) is 16.6 Å². The van der Waals surface area contributed by atoms with Gasteiger partial charge in [0.15, 0.2) is 0 Å². The predicted molar refractivity (Wildman–Crippen MR) is 83.6 cm³/mol. The summed E-state index contributed by atoms with van der Waals surface area (Å²) >= 11 is 9.15. The number of benzene rings is 1. The maximum atomic E-state index is 14.3. The van der Waals surface area contributed by atoms with Gasteiger partial charge in [0.1, 0.15) is 5.82 Å². The summed E-state index contributed by atoms with van der Waals surface area (Å²) in [5, 5.41) is 10.9. The number of rotatable bonds is 3. The first kappa shape index (κ1) is 16.2. The van der Waals surface area contributed by atoms with Gasteiger partial charge in [-0.25, -0.2) is 4.39 Å². The Morgan fingerprint density at radius 1 is 1.40 bits per heavy atom. The highest BCUT2D eigenvalue weighted by atomic mass is 79.9. The van der Waals surface area contributed by atoms with Crippen LogP contribution >= 0.6 is 27.5 Å². The minimum Gasteiger partial charge on any atom is -0.385 e. The molecule has 1 N–H and O–H groups in total. The van der Waals surface area contributed by atoms with Crippen LogP contribution in [-0.2, 0) is 5.60 Å². The van der Waals surface area contributed by atoms with Crippen molar-refractivity contribution in [2.75, 3.05) is 19.6 Å². The number of aliphatic hydroxyl groups is 1. The summed E-state index contributed by atoms with van der Waals surface area (Å²) in [6.45, 7) is 4.92. The molecule has 0 spiro atoms. The Bertz CT molecular complexity index is 485. The highest BCUT2D eigenvalue weighted by Gasteiger charge is 2.35. The Kier molecular flexibility index (Phi) is 5.46.